The molecule has 0 unspecified atom stereocenters. The van der Waals surface area contributed by atoms with Gasteiger partial charge in [-0.05, 0) is 57.9 Å². The first-order valence-corrected chi connectivity index (χ1v) is 14.3. The number of aliphatic hydroxyl groups excluding tert-OH is 1. The molecular formula is C26H32N6O6S. The highest BCUT2D eigenvalue weighted by atomic mass is 32.2. The van der Waals surface area contributed by atoms with E-state index < -0.39 is 20.6 Å². The molecule has 2 amide bonds. The van der Waals surface area contributed by atoms with E-state index in [1.165, 1.54) is 0 Å². The van der Waals surface area contributed by atoms with Crippen LogP contribution in [0.4, 0.5) is 16.3 Å². The number of hydrogen-bond donors (Lipinski definition) is 3. The number of anilines is 2. The maximum Gasteiger partial charge on any atom is 0.319 e. The number of benzene rings is 1. The van der Waals surface area contributed by atoms with Gasteiger partial charge in [-0.2, -0.15) is 0 Å². The minimum atomic E-state index is -3.85. The summed E-state index contributed by atoms with van der Waals surface area (Å²) in [6.45, 7) is 6.96. The lowest BCUT2D eigenvalue weighted by molar-refractivity contribution is 0.0985. The van der Waals surface area contributed by atoms with Gasteiger partial charge >= 0.3 is 6.03 Å². The summed E-state index contributed by atoms with van der Waals surface area (Å²) in [6, 6.07) is 8.38. The summed E-state index contributed by atoms with van der Waals surface area (Å²) >= 11 is 0. The third kappa shape index (κ3) is 5.09. The van der Waals surface area contributed by atoms with Crippen LogP contribution in [0.2, 0.25) is 0 Å². The van der Waals surface area contributed by atoms with Gasteiger partial charge in [0.25, 0.3) is 0 Å². The lowest BCUT2D eigenvalue weighted by Crippen LogP contribution is -2.44. The van der Waals surface area contributed by atoms with Gasteiger partial charge in [-0.3, -0.25) is 0 Å². The molecule has 3 heterocycles. The molecule has 1 aliphatic carbocycles. The van der Waals surface area contributed by atoms with Crippen LogP contribution in [0.5, 0.6) is 0 Å². The monoisotopic (exact) mass is 556 g/mol. The zero-order chi connectivity index (χ0) is 27.8. The second kappa shape index (κ2) is 10.5. The molecule has 2 aliphatic rings. The molecule has 208 valence electrons. The first-order chi connectivity index (χ1) is 18.7. The number of ether oxygens (including phenoxy) is 1. The number of nitrogens with one attached hydrogen (secondary N) is 2. The molecule has 12 nitrogen and oxygen atoms in total. The van der Waals surface area contributed by atoms with Crippen molar-refractivity contribution in [1.29, 1.82) is 0 Å². The number of hydrogen-bond acceptors (Lipinski definition) is 10. The Labute approximate surface area is 226 Å². The number of morpholine rings is 1. The van der Waals surface area contributed by atoms with Gasteiger partial charge < -0.3 is 29.9 Å². The normalized spacial score (nSPS) is 18.6. The number of aliphatic hydroxyl groups is 1. The fourth-order valence-electron chi connectivity index (χ4n) is 4.89. The highest BCUT2D eigenvalue weighted by Gasteiger charge is 2.59. The smallest absolute Gasteiger partial charge is 0.319 e. The van der Waals surface area contributed by atoms with Crippen LogP contribution < -0.4 is 15.5 Å². The van der Waals surface area contributed by atoms with E-state index in [2.05, 4.69) is 20.7 Å². The Kier molecular flexibility index (Phi) is 7.31. The highest BCUT2D eigenvalue weighted by molar-refractivity contribution is 7.92. The van der Waals surface area contributed by atoms with Crippen molar-refractivity contribution in [3.63, 3.8) is 0 Å². The molecule has 2 aromatic heterocycles. The fraction of sp³-hybridized carbons (Fsp3) is 0.462. The first kappa shape index (κ1) is 27.0. The predicted molar refractivity (Wildman–Crippen MR) is 143 cm³/mol. The number of aromatic nitrogens is 3. The Bertz CT molecular complexity index is 1450. The van der Waals surface area contributed by atoms with E-state index in [1.54, 1.807) is 44.2 Å². The molecule has 3 aromatic rings. The molecule has 1 aromatic carbocycles. The van der Waals surface area contributed by atoms with Crippen LogP contribution in [0.1, 0.15) is 36.9 Å². The number of amides is 2. The van der Waals surface area contributed by atoms with Gasteiger partial charge in [-0.15, -0.1) is 0 Å². The van der Waals surface area contributed by atoms with E-state index in [-0.39, 0.29) is 29.8 Å². The van der Waals surface area contributed by atoms with Crippen molar-refractivity contribution in [2.24, 2.45) is 0 Å². The van der Waals surface area contributed by atoms with E-state index >= 15 is 0 Å². The molecule has 1 saturated carbocycles. The summed E-state index contributed by atoms with van der Waals surface area (Å²) in [6.07, 6.45) is 0.861. The van der Waals surface area contributed by atoms with E-state index in [1.807, 2.05) is 6.92 Å². The highest BCUT2D eigenvalue weighted by Crippen LogP contribution is 2.56. The Morgan fingerprint density at radius 2 is 1.95 bits per heavy atom. The molecule has 2 fully saturated rings. The van der Waals surface area contributed by atoms with Gasteiger partial charge in [0.05, 0.1) is 37.3 Å². The van der Waals surface area contributed by atoms with Crippen LogP contribution in [0, 0.1) is 13.8 Å². The van der Waals surface area contributed by atoms with E-state index in [0.29, 0.717) is 66.9 Å². The lowest BCUT2D eigenvalue weighted by atomic mass is 10.1. The third-order valence-corrected chi connectivity index (χ3v) is 9.86. The third-order valence-electron chi connectivity index (χ3n) is 7.09. The zero-order valence-electron chi connectivity index (χ0n) is 22.1. The summed E-state index contributed by atoms with van der Waals surface area (Å²) in [4.78, 5) is 23.8. The molecule has 39 heavy (non-hydrogen) atoms. The number of urea groups is 1. The number of carbonyl (C=O) groups is 1. The minimum absolute atomic E-state index is 0.0488. The number of carbonyl (C=O) groups excluding carboxylic acids is 1. The van der Waals surface area contributed by atoms with Gasteiger partial charge in [0, 0.05) is 30.4 Å². The summed E-state index contributed by atoms with van der Waals surface area (Å²) in [5, 5.41) is 18.0. The van der Waals surface area contributed by atoms with Crippen LogP contribution in [0.25, 0.3) is 11.4 Å². The second-order valence-electron chi connectivity index (χ2n) is 9.89. The topological polar surface area (TPSA) is 160 Å². The van der Waals surface area contributed by atoms with Crippen LogP contribution >= 0.6 is 0 Å². The van der Waals surface area contributed by atoms with Gasteiger partial charge in [-0.1, -0.05) is 5.16 Å². The van der Waals surface area contributed by atoms with Crippen molar-refractivity contribution in [3.05, 3.63) is 47.5 Å². The molecule has 1 saturated heterocycles. The quantitative estimate of drug-likeness (QED) is 0.376. The lowest BCUT2D eigenvalue weighted by Gasteiger charge is -2.34. The average molecular weight is 557 g/mol. The second-order valence-corrected chi connectivity index (χ2v) is 12.1. The molecule has 3 N–H and O–H groups in total. The molecule has 13 heteroatoms. The predicted octanol–water partition coefficient (Wildman–Crippen LogP) is 2.55. The van der Waals surface area contributed by atoms with Gasteiger partial charge in [-0.25, -0.2) is 23.2 Å². The SMILES string of the molecule is Cc1noc(C)c1S(=O)(=O)C1(c2cc(N3CCOC[C@@H]3C)nc(-c3ccc(NC(=O)NCCO)cc3)n2)CC1. The van der Waals surface area contributed by atoms with Crippen LogP contribution in [0.15, 0.2) is 39.8 Å². The Morgan fingerprint density at radius 1 is 1.21 bits per heavy atom. The number of aryl methyl sites for hydroxylation is 2. The number of sulfone groups is 1. The largest absolute Gasteiger partial charge is 0.395 e. The van der Waals surface area contributed by atoms with Crippen LogP contribution in [-0.4, -0.2) is 73.6 Å². The fourth-order valence-corrected chi connectivity index (χ4v) is 7.14. The molecule has 0 radical (unpaired) electrons. The summed E-state index contributed by atoms with van der Waals surface area (Å²) in [7, 11) is -3.85. The standard InChI is InChI=1S/C26H32N6O6S/c1-16-15-37-13-11-32(16)22-14-21(26(8-9-26)39(35,36)23-17(2)31-38-18(23)3)29-24(30-22)19-4-6-20(7-5-19)28-25(34)27-10-12-33/h4-7,14,16,33H,8-13,15H2,1-3H3,(H2,27,28,34)/t16-/m0/s1. The van der Waals surface area contributed by atoms with Gasteiger partial charge in [0.1, 0.15) is 15.5 Å². The molecule has 1 aliphatic heterocycles. The summed E-state index contributed by atoms with van der Waals surface area (Å²) in [5.74, 6) is 1.29. The van der Waals surface area contributed by atoms with Gasteiger partial charge in [0.2, 0.25) is 0 Å². The Morgan fingerprint density at radius 3 is 2.56 bits per heavy atom. The van der Waals surface area contributed by atoms with Crippen molar-refractivity contribution in [3.8, 4) is 11.4 Å². The number of rotatable bonds is 8. The maximum absolute atomic E-state index is 14.0. The molecular weight excluding hydrogens is 524 g/mol. The Hall–Kier alpha value is -3.55. The van der Waals surface area contributed by atoms with Crippen molar-refractivity contribution in [1.82, 2.24) is 20.4 Å². The summed E-state index contributed by atoms with van der Waals surface area (Å²) < 4.78 is 37.6. The van der Waals surface area contributed by atoms with Crippen molar-refractivity contribution < 1.29 is 27.6 Å². The molecule has 5 rings (SSSR count). The zero-order valence-corrected chi connectivity index (χ0v) is 22.9. The van der Waals surface area contributed by atoms with Crippen molar-refractivity contribution in [2.45, 2.75) is 49.3 Å². The molecule has 0 bridgehead atoms. The maximum atomic E-state index is 14.0. The van der Waals surface area contributed by atoms with Crippen molar-refractivity contribution >= 4 is 27.4 Å². The first-order valence-electron chi connectivity index (χ1n) is 12.8. The Balaban J connectivity index is 1.55. The number of nitrogens with zero attached hydrogens (tertiary/aromatic N) is 4. The van der Waals surface area contributed by atoms with E-state index in [4.69, 9.17) is 24.3 Å². The van der Waals surface area contributed by atoms with E-state index in [0.717, 1.165) is 0 Å². The van der Waals surface area contributed by atoms with Crippen LogP contribution in [-0.2, 0) is 19.3 Å². The van der Waals surface area contributed by atoms with Crippen molar-refractivity contribution in [2.75, 3.05) is 43.1 Å². The molecule has 1 atom stereocenters. The van der Waals surface area contributed by atoms with E-state index in [9.17, 15) is 13.2 Å². The minimum Gasteiger partial charge on any atom is -0.395 e. The molecule has 0 spiro atoms. The van der Waals surface area contributed by atoms with Gasteiger partial charge in [0.15, 0.2) is 21.4 Å². The average Bonchev–Trinajstić information content (AvgIpc) is 3.68. The van der Waals surface area contributed by atoms with Crippen LogP contribution in [0.3, 0.4) is 0 Å². The summed E-state index contributed by atoms with van der Waals surface area (Å²) in [5.41, 5.74) is 1.99.